The van der Waals surface area contributed by atoms with Crippen LogP contribution in [0.4, 0.5) is 0 Å². The van der Waals surface area contributed by atoms with Crippen LogP contribution in [0.25, 0.3) is 0 Å². The number of rotatable bonds is 1. The summed E-state index contributed by atoms with van der Waals surface area (Å²) in [6.07, 6.45) is 2.68. The number of hydrogen-bond donors (Lipinski definition) is 0. The highest BCUT2D eigenvalue weighted by Gasteiger charge is 2.44. The molecule has 0 bridgehead atoms. The predicted molar refractivity (Wildman–Crippen MR) is 82.8 cm³/mol. The van der Waals surface area contributed by atoms with Crippen molar-refractivity contribution in [1.82, 2.24) is 4.90 Å². The molecule has 0 radical (unpaired) electrons. The summed E-state index contributed by atoms with van der Waals surface area (Å²) < 4.78 is 0. The topological polar surface area (TPSA) is 3.24 Å². The van der Waals surface area contributed by atoms with Crippen molar-refractivity contribution in [3.63, 3.8) is 0 Å². The van der Waals surface area contributed by atoms with E-state index in [9.17, 15) is 0 Å². The minimum atomic E-state index is 0.583. The van der Waals surface area contributed by atoms with Crippen LogP contribution in [0.2, 0.25) is 0 Å². The fraction of sp³-hybridized carbons (Fsp3) is 0.368. The van der Waals surface area contributed by atoms with Gasteiger partial charge in [0.15, 0.2) is 0 Å². The van der Waals surface area contributed by atoms with Gasteiger partial charge in [-0.3, -0.25) is 4.90 Å². The van der Waals surface area contributed by atoms with Crippen LogP contribution >= 0.6 is 0 Å². The van der Waals surface area contributed by atoms with Gasteiger partial charge in [-0.15, -0.1) is 0 Å². The molecule has 0 amide bonds. The second-order valence-corrected chi connectivity index (χ2v) is 6.25. The van der Waals surface area contributed by atoms with Gasteiger partial charge in [-0.2, -0.15) is 0 Å². The molecule has 0 saturated carbocycles. The summed E-state index contributed by atoms with van der Waals surface area (Å²) in [4.78, 5) is 2.57. The first-order valence-electron chi connectivity index (χ1n) is 7.70. The van der Waals surface area contributed by atoms with Crippen molar-refractivity contribution in [3.05, 3.63) is 71.3 Å². The van der Waals surface area contributed by atoms with Gasteiger partial charge in [0.05, 0.1) is 0 Å². The van der Waals surface area contributed by atoms with Crippen molar-refractivity contribution in [3.8, 4) is 0 Å². The number of nitrogens with zero attached hydrogens (tertiary/aromatic N) is 1. The SMILES string of the molecule is CN1CCC[C@@H]2[C@H](c3ccccc3)c3ccccc3[C@@H]21. The Morgan fingerprint density at radius 1 is 0.900 bits per heavy atom. The first-order chi connectivity index (χ1) is 9.86. The van der Waals surface area contributed by atoms with E-state index in [1.807, 2.05) is 0 Å². The molecule has 2 aromatic carbocycles. The van der Waals surface area contributed by atoms with Crippen LogP contribution in [0.1, 0.15) is 41.5 Å². The lowest BCUT2D eigenvalue weighted by Gasteiger charge is -2.37. The number of fused-ring (bicyclic) bond motifs is 3. The third kappa shape index (κ3) is 1.73. The van der Waals surface area contributed by atoms with Gasteiger partial charge in [0, 0.05) is 12.0 Å². The average molecular weight is 263 g/mol. The van der Waals surface area contributed by atoms with Crippen LogP contribution in [0.5, 0.6) is 0 Å². The molecule has 1 heterocycles. The molecular weight excluding hydrogens is 242 g/mol. The first kappa shape index (κ1) is 12.2. The van der Waals surface area contributed by atoms with E-state index in [2.05, 4.69) is 66.5 Å². The van der Waals surface area contributed by atoms with Crippen LogP contribution < -0.4 is 0 Å². The fourth-order valence-corrected chi connectivity index (χ4v) is 4.40. The molecule has 0 N–H and O–H groups in total. The van der Waals surface area contributed by atoms with Crippen molar-refractivity contribution in [2.75, 3.05) is 13.6 Å². The molecule has 1 fully saturated rings. The number of benzene rings is 2. The normalized spacial score (nSPS) is 28.9. The second-order valence-electron chi connectivity index (χ2n) is 6.25. The van der Waals surface area contributed by atoms with Crippen LogP contribution in [-0.4, -0.2) is 18.5 Å². The van der Waals surface area contributed by atoms with Crippen molar-refractivity contribution in [1.29, 1.82) is 0 Å². The van der Waals surface area contributed by atoms with Gasteiger partial charge in [-0.1, -0.05) is 54.6 Å². The molecular formula is C19H21N. The molecule has 4 rings (SSSR count). The van der Waals surface area contributed by atoms with Gasteiger partial charge in [0.2, 0.25) is 0 Å². The lowest BCUT2D eigenvalue weighted by Crippen LogP contribution is -2.34. The third-order valence-electron chi connectivity index (χ3n) is 5.17. The van der Waals surface area contributed by atoms with Crippen molar-refractivity contribution < 1.29 is 0 Å². The Balaban J connectivity index is 1.86. The van der Waals surface area contributed by atoms with E-state index in [0.29, 0.717) is 12.0 Å². The predicted octanol–water partition coefficient (Wildman–Crippen LogP) is 4.22. The minimum absolute atomic E-state index is 0.583. The first-order valence-corrected chi connectivity index (χ1v) is 7.70. The summed E-state index contributed by atoms with van der Waals surface area (Å²) in [5.74, 6) is 1.33. The third-order valence-corrected chi connectivity index (χ3v) is 5.17. The molecule has 2 aliphatic rings. The molecule has 1 aliphatic carbocycles. The molecule has 102 valence electrons. The Morgan fingerprint density at radius 3 is 2.40 bits per heavy atom. The Labute approximate surface area is 121 Å². The summed E-state index contributed by atoms with van der Waals surface area (Å²) in [6, 6.07) is 20.8. The van der Waals surface area contributed by atoms with Crippen LogP contribution in [-0.2, 0) is 0 Å². The Bertz CT molecular complexity index is 604. The molecule has 0 unspecified atom stereocenters. The van der Waals surface area contributed by atoms with Crippen LogP contribution in [0.15, 0.2) is 54.6 Å². The summed E-state index contributed by atoms with van der Waals surface area (Å²) in [5.41, 5.74) is 4.61. The Morgan fingerprint density at radius 2 is 1.60 bits per heavy atom. The largest absolute Gasteiger partial charge is 0.299 e. The summed E-state index contributed by atoms with van der Waals surface area (Å²) in [7, 11) is 2.29. The van der Waals surface area contributed by atoms with E-state index in [0.717, 1.165) is 5.92 Å². The van der Waals surface area contributed by atoms with Crippen LogP contribution in [0, 0.1) is 5.92 Å². The monoisotopic (exact) mass is 263 g/mol. The van der Waals surface area contributed by atoms with Gasteiger partial charge in [0.1, 0.15) is 0 Å². The van der Waals surface area contributed by atoms with Gasteiger partial charge >= 0.3 is 0 Å². The fourth-order valence-electron chi connectivity index (χ4n) is 4.40. The summed E-state index contributed by atoms with van der Waals surface area (Å²) >= 11 is 0. The highest BCUT2D eigenvalue weighted by molar-refractivity contribution is 5.46. The van der Waals surface area contributed by atoms with E-state index >= 15 is 0 Å². The minimum Gasteiger partial charge on any atom is -0.299 e. The standard InChI is InChI=1S/C19H21N/c1-20-13-7-12-17-18(14-8-3-2-4-9-14)15-10-5-6-11-16(15)19(17)20/h2-6,8-11,17-19H,7,12-13H2,1H3/t17-,18-,19+/m1/s1. The highest BCUT2D eigenvalue weighted by atomic mass is 15.1. The van der Waals surface area contributed by atoms with E-state index in [-0.39, 0.29) is 0 Å². The maximum absolute atomic E-state index is 2.57. The van der Waals surface area contributed by atoms with Crippen molar-refractivity contribution in [2.45, 2.75) is 24.8 Å². The Hall–Kier alpha value is -1.60. The van der Waals surface area contributed by atoms with E-state index in [4.69, 9.17) is 0 Å². The zero-order chi connectivity index (χ0) is 13.5. The number of likely N-dealkylation sites (tertiary alicyclic amines) is 1. The van der Waals surface area contributed by atoms with Crippen molar-refractivity contribution >= 4 is 0 Å². The van der Waals surface area contributed by atoms with Crippen LogP contribution in [0.3, 0.4) is 0 Å². The molecule has 1 aliphatic heterocycles. The maximum Gasteiger partial charge on any atom is 0.0385 e. The molecule has 0 aromatic heterocycles. The summed E-state index contributed by atoms with van der Waals surface area (Å²) in [5, 5.41) is 0. The zero-order valence-electron chi connectivity index (χ0n) is 12.0. The van der Waals surface area contributed by atoms with Crippen molar-refractivity contribution in [2.24, 2.45) is 5.92 Å². The van der Waals surface area contributed by atoms with E-state index in [1.165, 1.54) is 24.9 Å². The van der Waals surface area contributed by atoms with Gasteiger partial charge in [-0.25, -0.2) is 0 Å². The quantitative estimate of drug-likeness (QED) is 0.745. The molecule has 1 heteroatoms. The number of hydrogen-bond acceptors (Lipinski definition) is 1. The maximum atomic E-state index is 2.57. The Kier molecular flexibility index (Phi) is 2.89. The molecule has 3 atom stereocenters. The second kappa shape index (κ2) is 4.75. The number of piperidine rings is 1. The van der Waals surface area contributed by atoms with Gasteiger partial charge in [0.25, 0.3) is 0 Å². The molecule has 20 heavy (non-hydrogen) atoms. The van der Waals surface area contributed by atoms with E-state index < -0.39 is 0 Å². The van der Waals surface area contributed by atoms with E-state index in [1.54, 1.807) is 11.1 Å². The van der Waals surface area contributed by atoms with Gasteiger partial charge in [-0.05, 0) is 49.0 Å². The lowest BCUT2D eigenvalue weighted by atomic mass is 9.80. The van der Waals surface area contributed by atoms with Gasteiger partial charge < -0.3 is 0 Å². The molecule has 0 spiro atoms. The smallest absolute Gasteiger partial charge is 0.0385 e. The zero-order valence-corrected chi connectivity index (χ0v) is 12.0. The lowest BCUT2D eigenvalue weighted by molar-refractivity contribution is 0.127. The summed E-state index contributed by atoms with van der Waals surface area (Å²) in [6.45, 7) is 1.23. The average Bonchev–Trinajstić information content (AvgIpc) is 2.84. The molecule has 1 nitrogen and oxygen atoms in total. The molecule has 1 saturated heterocycles. The highest BCUT2D eigenvalue weighted by Crippen LogP contribution is 2.53. The molecule has 2 aromatic rings.